The van der Waals surface area contributed by atoms with Gasteiger partial charge in [0.25, 0.3) is 10.0 Å². The van der Waals surface area contributed by atoms with Crippen LogP contribution in [-0.4, -0.2) is 58.9 Å². The van der Waals surface area contributed by atoms with Crippen molar-refractivity contribution in [2.45, 2.75) is 11.6 Å². The highest BCUT2D eigenvalue weighted by molar-refractivity contribution is 7.89. The average Bonchev–Trinajstić information content (AvgIpc) is 2.75. The predicted octanol–water partition coefficient (Wildman–Crippen LogP) is 0.181. The lowest BCUT2D eigenvalue weighted by Gasteiger charge is -2.17. The van der Waals surface area contributed by atoms with Crippen molar-refractivity contribution in [2.75, 3.05) is 41.3 Å². The first-order chi connectivity index (χ1) is 8.37. The zero-order valence-electron chi connectivity index (χ0n) is 11.3. The Bertz CT molecular complexity index is 468. The molecular weight excluding hydrogens is 254 g/mol. The van der Waals surface area contributed by atoms with Crippen LogP contribution in [0.4, 0.5) is 0 Å². The van der Waals surface area contributed by atoms with E-state index in [1.54, 1.807) is 20.2 Å². The molecule has 0 saturated carbocycles. The van der Waals surface area contributed by atoms with Gasteiger partial charge in [-0.3, -0.25) is 0 Å². The molecule has 0 unspecified atom stereocenters. The minimum Gasteiger partial charge on any atom is -0.447 e. The van der Waals surface area contributed by atoms with Crippen LogP contribution in [0.5, 0.6) is 0 Å². The maximum absolute atomic E-state index is 12.2. The SMILES string of the molecule is CNCc1ccc(S(=O)(=O)N(C)CCN(C)C)o1. The van der Waals surface area contributed by atoms with Crippen LogP contribution >= 0.6 is 0 Å². The van der Waals surface area contributed by atoms with Gasteiger partial charge in [0.05, 0.1) is 6.54 Å². The summed E-state index contributed by atoms with van der Waals surface area (Å²) in [6, 6.07) is 3.16. The molecular formula is C11H21N3O3S. The molecule has 1 N–H and O–H groups in total. The van der Waals surface area contributed by atoms with E-state index in [1.165, 1.54) is 10.4 Å². The van der Waals surface area contributed by atoms with Crippen molar-refractivity contribution < 1.29 is 12.8 Å². The van der Waals surface area contributed by atoms with Gasteiger partial charge in [0, 0.05) is 20.1 Å². The molecule has 7 heteroatoms. The molecule has 0 spiro atoms. The van der Waals surface area contributed by atoms with Gasteiger partial charge < -0.3 is 14.6 Å². The Labute approximate surface area is 109 Å². The van der Waals surface area contributed by atoms with Gasteiger partial charge >= 0.3 is 0 Å². The van der Waals surface area contributed by atoms with E-state index in [2.05, 4.69) is 5.32 Å². The lowest BCUT2D eigenvalue weighted by Crippen LogP contribution is -2.33. The summed E-state index contributed by atoms with van der Waals surface area (Å²) in [7, 11) is 3.61. The first-order valence-electron chi connectivity index (χ1n) is 5.72. The molecule has 0 fully saturated rings. The lowest BCUT2D eigenvalue weighted by molar-refractivity contribution is 0.345. The molecule has 104 valence electrons. The fourth-order valence-electron chi connectivity index (χ4n) is 1.38. The van der Waals surface area contributed by atoms with Crippen molar-refractivity contribution in [3.63, 3.8) is 0 Å². The summed E-state index contributed by atoms with van der Waals surface area (Å²) in [6.45, 7) is 1.61. The van der Waals surface area contributed by atoms with E-state index in [1.807, 2.05) is 19.0 Å². The summed E-state index contributed by atoms with van der Waals surface area (Å²) in [4.78, 5) is 1.93. The maximum Gasteiger partial charge on any atom is 0.276 e. The summed E-state index contributed by atoms with van der Waals surface area (Å²) >= 11 is 0. The first kappa shape index (κ1) is 15.2. The Morgan fingerprint density at radius 1 is 1.22 bits per heavy atom. The molecule has 1 aromatic heterocycles. The minimum atomic E-state index is -3.52. The van der Waals surface area contributed by atoms with Crippen molar-refractivity contribution in [1.29, 1.82) is 0 Å². The number of likely N-dealkylation sites (N-methyl/N-ethyl adjacent to an activating group) is 2. The van der Waals surface area contributed by atoms with Crippen molar-refractivity contribution >= 4 is 10.0 Å². The third kappa shape index (κ3) is 3.81. The Hall–Kier alpha value is -0.890. The number of furan rings is 1. The van der Waals surface area contributed by atoms with Crippen LogP contribution in [0, 0.1) is 0 Å². The van der Waals surface area contributed by atoms with Gasteiger partial charge in [-0.15, -0.1) is 0 Å². The van der Waals surface area contributed by atoms with E-state index in [4.69, 9.17) is 4.42 Å². The second kappa shape index (κ2) is 6.33. The van der Waals surface area contributed by atoms with Crippen molar-refractivity contribution in [3.05, 3.63) is 17.9 Å². The van der Waals surface area contributed by atoms with E-state index in [9.17, 15) is 8.42 Å². The van der Waals surface area contributed by atoms with E-state index < -0.39 is 10.0 Å². The lowest BCUT2D eigenvalue weighted by atomic mass is 10.4. The van der Waals surface area contributed by atoms with Gasteiger partial charge in [0.15, 0.2) is 0 Å². The third-order valence-electron chi connectivity index (χ3n) is 2.51. The number of sulfonamides is 1. The first-order valence-corrected chi connectivity index (χ1v) is 7.16. The Balaban J connectivity index is 2.77. The van der Waals surface area contributed by atoms with E-state index in [-0.39, 0.29) is 5.09 Å². The molecule has 18 heavy (non-hydrogen) atoms. The Morgan fingerprint density at radius 2 is 1.89 bits per heavy atom. The average molecular weight is 275 g/mol. The number of nitrogens with zero attached hydrogens (tertiary/aromatic N) is 2. The standard InChI is InChI=1S/C11H21N3O3S/c1-12-9-10-5-6-11(17-10)18(15,16)14(4)8-7-13(2)3/h5-6,12H,7-9H2,1-4H3. The monoisotopic (exact) mass is 275 g/mol. The van der Waals surface area contributed by atoms with Gasteiger partial charge in [-0.1, -0.05) is 0 Å². The Morgan fingerprint density at radius 3 is 2.44 bits per heavy atom. The molecule has 0 amide bonds. The van der Waals surface area contributed by atoms with Gasteiger partial charge in [-0.2, -0.15) is 4.31 Å². The Kier molecular flexibility index (Phi) is 5.33. The number of rotatable bonds is 7. The van der Waals surface area contributed by atoms with E-state index in [0.717, 1.165) is 0 Å². The second-order valence-corrected chi connectivity index (χ2v) is 6.36. The van der Waals surface area contributed by atoms with Crippen LogP contribution in [0.25, 0.3) is 0 Å². The van der Waals surface area contributed by atoms with E-state index >= 15 is 0 Å². The molecule has 0 aliphatic rings. The van der Waals surface area contributed by atoms with Crippen molar-refractivity contribution in [2.24, 2.45) is 0 Å². The molecule has 0 aliphatic carbocycles. The highest BCUT2D eigenvalue weighted by Gasteiger charge is 2.24. The van der Waals surface area contributed by atoms with Crippen LogP contribution in [0.1, 0.15) is 5.76 Å². The molecule has 0 aliphatic heterocycles. The molecule has 1 aromatic rings. The van der Waals surface area contributed by atoms with Crippen molar-refractivity contribution in [3.8, 4) is 0 Å². The van der Waals surface area contributed by atoms with E-state index in [0.29, 0.717) is 25.4 Å². The fraction of sp³-hybridized carbons (Fsp3) is 0.636. The summed E-state index contributed by atoms with van der Waals surface area (Å²) in [5.74, 6) is 0.608. The van der Waals surface area contributed by atoms with Crippen LogP contribution < -0.4 is 5.32 Å². The molecule has 0 radical (unpaired) electrons. The largest absolute Gasteiger partial charge is 0.447 e. The smallest absolute Gasteiger partial charge is 0.276 e. The zero-order chi connectivity index (χ0) is 13.8. The maximum atomic E-state index is 12.2. The van der Waals surface area contributed by atoms with Crippen LogP contribution in [0.3, 0.4) is 0 Å². The summed E-state index contributed by atoms with van der Waals surface area (Å²) < 4.78 is 30.9. The molecule has 0 aromatic carbocycles. The molecule has 1 rings (SSSR count). The van der Waals surface area contributed by atoms with Crippen LogP contribution in [0.15, 0.2) is 21.6 Å². The molecule has 6 nitrogen and oxygen atoms in total. The van der Waals surface area contributed by atoms with Gasteiger partial charge in [-0.25, -0.2) is 8.42 Å². The summed E-state index contributed by atoms with van der Waals surface area (Å²) in [5.41, 5.74) is 0. The molecule has 0 atom stereocenters. The fourth-order valence-corrected chi connectivity index (χ4v) is 2.46. The van der Waals surface area contributed by atoms with Gasteiger partial charge in [-0.05, 0) is 33.3 Å². The topological polar surface area (TPSA) is 65.8 Å². The van der Waals surface area contributed by atoms with Crippen molar-refractivity contribution in [1.82, 2.24) is 14.5 Å². The third-order valence-corrected chi connectivity index (χ3v) is 4.25. The zero-order valence-corrected chi connectivity index (χ0v) is 12.1. The highest BCUT2D eigenvalue weighted by atomic mass is 32.2. The number of nitrogens with one attached hydrogen (secondary N) is 1. The normalized spacial score (nSPS) is 12.6. The van der Waals surface area contributed by atoms with Gasteiger partial charge in [0.1, 0.15) is 5.76 Å². The molecule has 1 heterocycles. The predicted molar refractivity (Wildman–Crippen MR) is 69.8 cm³/mol. The summed E-state index contributed by atoms with van der Waals surface area (Å²) in [5, 5.41) is 2.90. The summed E-state index contributed by atoms with van der Waals surface area (Å²) in [6.07, 6.45) is 0. The molecule has 0 bridgehead atoms. The number of hydrogen-bond acceptors (Lipinski definition) is 5. The quantitative estimate of drug-likeness (QED) is 0.769. The molecule has 0 saturated heterocycles. The van der Waals surface area contributed by atoms with Gasteiger partial charge in [0.2, 0.25) is 5.09 Å². The number of hydrogen-bond donors (Lipinski definition) is 1. The highest BCUT2D eigenvalue weighted by Crippen LogP contribution is 2.17. The second-order valence-electron chi connectivity index (χ2n) is 4.38. The van der Waals surface area contributed by atoms with Crippen LogP contribution in [0.2, 0.25) is 0 Å². The minimum absolute atomic E-state index is 0.00555. The van der Waals surface area contributed by atoms with Crippen LogP contribution in [-0.2, 0) is 16.6 Å².